The Morgan fingerprint density at radius 3 is 2.67 bits per heavy atom. The topological polar surface area (TPSA) is 55.6 Å². The molecule has 0 spiro atoms. The Morgan fingerprint density at radius 1 is 1.39 bits per heavy atom. The minimum absolute atomic E-state index is 0.0638. The molecule has 0 amide bonds. The number of aryl methyl sites for hydroxylation is 1. The van der Waals surface area contributed by atoms with Crippen LogP contribution in [0.4, 0.5) is 5.69 Å². The van der Waals surface area contributed by atoms with Crippen molar-refractivity contribution < 1.29 is 9.66 Å². The summed E-state index contributed by atoms with van der Waals surface area (Å²) in [6, 6.07) is 5.10. The van der Waals surface area contributed by atoms with E-state index >= 15 is 0 Å². The summed E-state index contributed by atoms with van der Waals surface area (Å²) in [7, 11) is 2.07. The molecule has 1 aromatic carbocycles. The molecule has 1 aliphatic rings. The molecule has 0 saturated carbocycles. The van der Waals surface area contributed by atoms with Crippen molar-refractivity contribution in [3.8, 4) is 5.75 Å². The summed E-state index contributed by atoms with van der Waals surface area (Å²) in [5, 5.41) is 11.0. The Bertz CT molecular complexity index is 440. The number of benzene rings is 1. The second-order valence-corrected chi connectivity index (χ2v) is 4.85. The van der Waals surface area contributed by atoms with E-state index in [0.717, 1.165) is 31.5 Å². The average Bonchev–Trinajstić information content (AvgIpc) is 2.34. The van der Waals surface area contributed by atoms with Gasteiger partial charge < -0.3 is 9.64 Å². The Hall–Kier alpha value is -1.62. The van der Waals surface area contributed by atoms with Crippen molar-refractivity contribution in [2.45, 2.75) is 25.9 Å². The van der Waals surface area contributed by atoms with Crippen molar-refractivity contribution in [3.63, 3.8) is 0 Å². The van der Waals surface area contributed by atoms with Crippen LogP contribution in [0.25, 0.3) is 0 Å². The summed E-state index contributed by atoms with van der Waals surface area (Å²) in [5.41, 5.74) is 0.936. The Balaban J connectivity index is 2.11. The third-order valence-corrected chi connectivity index (χ3v) is 3.27. The second kappa shape index (κ2) is 5.35. The van der Waals surface area contributed by atoms with E-state index in [4.69, 9.17) is 4.74 Å². The summed E-state index contributed by atoms with van der Waals surface area (Å²) in [6.45, 7) is 3.79. The second-order valence-electron chi connectivity index (χ2n) is 4.85. The van der Waals surface area contributed by atoms with E-state index in [9.17, 15) is 10.1 Å². The van der Waals surface area contributed by atoms with Crippen LogP contribution in [-0.2, 0) is 0 Å². The van der Waals surface area contributed by atoms with Gasteiger partial charge in [-0.2, -0.15) is 0 Å². The van der Waals surface area contributed by atoms with Crippen molar-refractivity contribution in [2.75, 3.05) is 20.1 Å². The first-order chi connectivity index (χ1) is 8.56. The number of piperidine rings is 1. The van der Waals surface area contributed by atoms with Crippen molar-refractivity contribution in [2.24, 2.45) is 0 Å². The van der Waals surface area contributed by atoms with Crippen molar-refractivity contribution in [1.82, 2.24) is 4.90 Å². The van der Waals surface area contributed by atoms with Crippen LogP contribution < -0.4 is 4.74 Å². The lowest BCUT2D eigenvalue weighted by Gasteiger charge is -2.29. The van der Waals surface area contributed by atoms with Gasteiger partial charge in [0.1, 0.15) is 6.10 Å². The van der Waals surface area contributed by atoms with Gasteiger partial charge in [-0.25, -0.2) is 0 Å². The Kier molecular flexibility index (Phi) is 3.81. The van der Waals surface area contributed by atoms with Crippen molar-refractivity contribution >= 4 is 5.69 Å². The summed E-state index contributed by atoms with van der Waals surface area (Å²) in [6.07, 6.45) is 1.92. The van der Waals surface area contributed by atoms with Gasteiger partial charge in [-0.15, -0.1) is 0 Å². The number of likely N-dealkylation sites (tertiary alicyclic amines) is 1. The first kappa shape index (κ1) is 12.8. The molecule has 0 aromatic heterocycles. The molecule has 0 N–H and O–H groups in total. The molecule has 18 heavy (non-hydrogen) atoms. The fourth-order valence-electron chi connectivity index (χ4n) is 2.15. The molecule has 1 saturated heterocycles. The van der Waals surface area contributed by atoms with E-state index in [-0.39, 0.29) is 16.7 Å². The highest BCUT2D eigenvalue weighted by Gasteiger charge is 2.22. The lowest BCUT2D eigenvalue weighted by Crippen LogP contribution is -2.35. The molecule has 2 rings (SSSR count). The highest BCUT2D eigenvalue weighted by atomic mass is 16.6. The minimum atomic E-state index is -0.378. The molecular formula is C13H18N2O3. The van der Waals surface area contributed by atoms with E-state index in [0.29, 0.717) is 5.75 Å². The van der Waals surface area contributed by atoms with Crippen LogP contribution >= 0.6 is 0 Å². The molecular weight excluding hydrogens is 232 g/mol. The molecule has 5 nitrogen and oxygen atoms in total. The van der Waals surface area contributed by atoms with E-state index < -0.39 is 0 Å². The molecule has 0 atom stereocenters. The maximum absolute atomic E-state index is 11.0. The van der Waals surface area contributed by atoms with Crippen LogP contribution in [0, 0.1) is 17.0 Å². The third-order valence-electron chi connectivity index (χ3n) is 3.27. The van der Waals surface area contributed by atoms with Crippen LogP contribution in [0.1, 0.15) is 18.4 Å². The third kappa shape index (κ3) is 2.98. The number of hydrogen-bond acceptors (Lipinski definition) is 4. The van der Waals surface area contributed by atoms with Crippen LogP contribution in [0.3, 0.4) is 0 Å². The summed E-state index contributed by atoms with van der Waals surface area (Å²) in [5.74, 6) is 0.389. The highest BCUT2D eigenvalue weighted by molar-refractivity contribution is 5.48. The molecule has 1 aromatic rings. The van der Waals surface area contributed by atoms with Gasteiger partial charge in [-0.05, 0) is 38.4 Å². The van der Waals surface area contributed by atoms with E-state index in [1.165, 1.54) is 0 Å². The predicted molar refractivity (Wildman–Crippen MR) is 69.0 cm³/mol. The standard InChI is InChI=1S/C13H18N2O3/c1-10-3-4-13(12(9-10)15(16)17)18-11-5-7-14(2)8-6-11/h3-4,9,11H,5-8H2,1-2H3. The minimum Gasteiger partial charge on any atom is -0.483 e. The van der Waals surface area contributed by atoms with Gasteiger partial charge in [0.15, 0.2) is 5.75 Å². The summed E-state index contributed by atoms with van der Waals surface area (Å²) in [4.78, 5) is 12.8. The van der Waals surface area contributed by atoms with E-state index in [1.54, 1.807) is 12.1 Å². The lowest BCUT2D eigenvalue weighted by atomic mass is 10.1. The van der Waals surface area contributed by atoms with Crippen LogP contribution in [0.15, 0.2) is 18.2 Å². The monoisotopic (exact) mass is 250 g/mol. The lowest BCUT2D eigenvalue weighted by molar-refractivity contribution is -0.386. The van der Waals surface area contributed by atoms with Crippen molar-refractivity contribution in [3.05, 3.63) is 33.9 Å². The van der Waals surface area contributed by atoms with Gasteiger partial charge in [-0.3, -0.25) is 10.1 Å². The number of ether oxygens (including phenoxy) is 1. The van der Waals surface area contributed by atoms with Crippen LogP contribution in [0.5, 0.6) is 5.75 Å². The van der Waals surface area contributed by atoms with Gasteiger partial charge in [0.25, 0.3) is 0 Å². The SMILES string of the molecule is Cc1ccc(OC2CCN(C)CC2)c([N+](=O)[O-])c1. The average molecular weight is 250 g/mol. The molecule has 5 heteroatoms. The summed E-state index contributed by atoms with van der Waals surface area (Å²) >= 11 is 0. The number of nitro groups is 1. The predicted octanol–water partition coefficient (Wildman–Crippen LogP) is 2.38. The molecule has 1 aliphatic heterocycles. The van der Waals surface area contributed by atoms with Crippen molar-refractivity contribution in [1.29, 1.82) is 0 Å². The summed E-state index contributed by atoms with van der Waals surface area (Å²) < 4.78 is 5.78. The zero-order valence-corrected chi connectivity index (χ0v) is 10.8. The Labute approximate surface area is 107 Å². The quantitative estimate of drug-likeness (QED) is 0.610. The van der Waals surface area contributed by atoms with Gasteiger partial charge in [0.05, 0.1) is 4.92 Å². The first-order valence-corrected chi connectivity index (χ1v) is 6.16. The van der Waals surface area contributed by atoms with Crippen LogP contribution in [0.2, 0.25) is 0 Å². The Morgan fingerprint density at radius 2 is 2.06 bits per heavy atom. The largest absolute Gasteiger partial charge is 0.483 e. The number of hydrogen-bond donors (Lipinski definition) is 0. The van der Waals surface area contributed by atoms with Crippen LogP contribution in [-0.4, -0.2) is 36.1 Å². The molecule has 1 fully saturated rings. The van der Waals surface area contributed by atoms with Gasteiger partial charge >= 0.3 is 5.69 Å². The van der Waals surface area contributed by atoms with Gasteiger partial charge in [0.2, 0.25) is 0 Å². The van der Waals surface area contributed by atoms with E-state index in [2.05, 4.69) is 11.9 Å². The maximum Gasteiger partial charge on any atom is 0.311 e. The van der Waals surface area contributed by atoms with Gasteiger partial charge in [0, 0.05) is 19.2 Å². The molecule has 0 unspecified atom stereocenters. The molecule has 0 aliphatic carbocycles. The zero-order valence-electron chi connectivity index (χ0n) is 10.8. The maximum atomic E-state index is 11.0. The molecule has 0 radical (unpaired) electrons. The van der Waals surface area contributed by atoms with Gasteiger partial charge in [-0.1, -0.05) is 6.07 Å². The van der Waals surface area contributed by atoms with E-state index in [1.807, 2.05) is 13.0 Å². The first-order valence-electron chi connectivity index (χ1n) is 6.16. The molecule has 98 valence electrons. The number of rotatable bonds is 3. The molecule has 1 heterocycles. The molecule has 0 bridgehead atoms. The fourth-order valence-corrected chi connectivity index (χ4v) is 2.15. The zero-order chi connectivity index (χ0) is 13.1. The number of nitrogens with zero attached hydrogens (tertiary/aromatic N) is 2. The fraction of sp³-hybridized carbons (Fsp3) is 0.538. The highest BCUT2D eigenvalue weighted by Crippen LogP contribution is 2.30. The normalized spacial score (nSPS) is 17.7. The number of nitro benzene ring substituents is 1. The smallest absolute Gasteiger partial charge is 0.311 e.